The highest BCUT2D eigenvalue weighted by Gasteiger charge is 2.55. The van der Waals surface area contributed by atoms with E-state index < -0.39 is 27.4 Å². The molecule has 0 spiro atoms. The Balaban J connectivity index is 1.54. The lowest BCUT2D eigenvalue weighted by molar-refractivity contribution is 0.105. The van der Waals surface area contributed by atoms with Crippen molar-refractivity contribution in [1.82, 2.24) is 19.8 Å². The van der Waals surface area contributed by atoms with Gasteiger partial charge >= 0.3 is 12.1 Å². The Morgan fingerprint density at radius 1 is 1.29 bits per heavy atom. The number of carbonyl (C=O) groups is 2. The Labute approximate surface area is 189 Å². The highest BCUT2D eigenvalue weighted by Crippen LogP contribution is 2.41. The van der Waals surface area contributed by atoms with Gasteiger partial charge in [0, 0.05) is 23.4 Å². The maximum atomic E-state index is 13.3. The number of nitrogens with zero attached hydrogens (tertiary/aromatic N) is 2. The zero-order chi connectivity index (χ0) is 22.6. The first-order chi connectivity index (χ1) is 14.5. The predicted molar refractivity (Wildman–Crippen MR) is 119 cm³/mol. The summed E-state index contributed by atoms with van der Waals surface area (Å²) in [6, 6.07) is -0.770. The molecule has 4 rings (SSSR count). The van der Waals surface area contributed by atoms with Gasteiger partial charge in [-0.1, -0.05) is 0 Å². The summed E-state index contributed by atoms with van der Waals surface area (Å²) in [5, 5.41) is 3.39. The normalized spacial score (nSPS) is 37.1. The number of hydrogen-bond donors (Lipinski definition) is 2. The maximum Gasteiger partial charge on any atom is 0.418 e. The fourth-order valence-electron chi connectivity index (χ4n) is 5.07. The molecule has 2 aliphatic heterocycles. The molecule has 176 valence electrons. The maximum absolute atomic E-state index is 13.3. The van der Waals surface area contributed by atoms with Crippen molar-refractivity contribution in [2.24, 2.45) is 0 Å². The summed E-state index contributed by atoms with van der Waals surface area (Å²) in [5.74, 6) is 0. The van der Waals surface area contributed by atoms with Crippen molar-refractivity contribution in [3.63, 3.8) is 0 Å². The van der Waals surface area contributed by atoms with Crippen LogP contribution in [0.4, 0.5) is 9.59 Å². The average molecular weight is 475 g/mol. The van der Waals surface area contributed by atoms with E-state index in [1.807, 2.05) is 6.92 Å². The number of hydrogen-bond acceptors (Lipinski definition) is 7. The minimum Gasteiger partial charge on any atom is -0.449 e. The summed E-state index contributed by atoms with van der Waals surface area (Å²) in [5.41, 5.74) is -0.340. The van der Waals surface area contributed by atoms with Crippen LogP contribution in [0.2, 0.25) is 0 Å². The Morgan fingerprint density at radius 2 is 2.00 bits per heavy atom. The van der Waals surface area contributed by atoms with E-state index in [2.05, 4.69) is 23.9 Å². The van der Waals surface area contributed by atoms with Gasteiger partial charge in [0.1, 0.15) is 0 Å². The summed E-state index contributed by atoms with van der Waals surface area (Å²) in [7, 11) is -3.52. The fourth-order valence-corrected chi connectivity index (χ4v) is 8.40. The second-order valence-corrected chi connectivity index (χ2v) is 13.1. The Bertz CT molecular complexity index is 833. The number of fused-ring (bicyclic) bond motifs is 1. The highest BCUT2D eigenvalue weighted by molar-refractivity contribution is 8.00. The van der Waals surface area contributed by atoms with Crippen molar-refractivity contribution in [3.8, 4) is 0 Å². The van der Waals surface area contributed by atoms with E-state index in [4.69, 9.17) is 4.74 Å². The minimum atomic E-state index is -3.52. The second-order valence-electron chi connectivity index (χ2n) is 9.55. The zero-order valence-electron chi connectivity index (χ0n) is 18.7. The number of rotatable bonds is 6. The van der Waals surface area contributed by atoms with Crippen LogP contribution < -0.4 is 10.0 Å². The van der Waals surface area contributed by atoms with Crippen LogP contribution in [0.1, 0.15) is 59.8 Å². The van der Waals surface area contributed by atoms with Crippen LogP contribution in [0.5, 0.6) is 0 Å². The van der Waals surface area contributed by atoms with E-state index in [-0.39, 0.29) is 41.9 Å². The van der Waals surface area contributed by atoms with Crippen molar-refractivity contribution < 1.29 is 22.7 Å². The van der Waals surface area contributed by atoms with Crippen molar-refractivity contribution in [1.29, 1.82) is 0 Å². The summed E-state index contributed by atoms with van der Waals surface area (Å²) in [4.78, 5) is 29.0. The van der Waals surface area contributed by atoms with E-state index >= 15 is 0 Å². The van der Waals surface area contributed by atoms with Crippen LogP contribution in [-0.2, 0) is 14.8 Å². The van der Waals surface area contributed by atoms with Crippen LogP contribution >= 0.6 is 11.8 Å². The molecule has 2 saturated carbocycles. The lowest BCUT2D eigenvalue weighted by Crippen LogP contribution is -2.51. The molecule has 2 saturated heterocycles. The smallest absolute Gasteiger partial charge is 0.418 e. The standard InChI is InChI=1S/C20H34N4O5S2/c1-5-29-19(26)24-16-10-14(31(27,28)22-20(4)8-9-20)6-7-15(16)23(18(24)25)11-17-12(2)21-13(3)30-17/h12-17,21-22H,5-11H2,1-4H3. The number of urea groups is 1. The average Bonchev–Trinajstić information content (AvgIpc) is 3.21. The molecule has 6 atom stereocenters. The van der Waals surface area contributed by atoms with E-state index in [0.29, 0.717) is 24.8 Å². The molecule has 2 heterocycles. The Hall–Kier alpha value is -1.04. The Morgan fingerprint density at radius 3 is 2.58 bits per heavy atom. The van der Waals surface area contributed by atoms with Gasteiger partial charge in [0.25, 0.3) is 0 Å². The molecule has 4 aliphatic rings. The molecule has 31 heavy (non-hydrogen) atoms. The molecule has 0 aromatic rings. The van der Waals surface area contributed by atoms with Gasteiger partial charge in [-0.3, -0.25) is 0 Å². The highest BCUT2D eigenvalue weighted by atomic mass is 32.2. The summed E-state index contributed by atoms with van der Waals surface area (Å²) in [6.45, 7) is 8.52. The van der Waals surface area contributed by atoms with Gasteiger partial charge in [-0.2, -0.15) is 0 Å². The fraction of sp³-hybridized carbons (Fsp3) is 0.900. The van der Waals surface area contributed by atoms with Crippen molar-refractivity contribution >= 4 is 33.9 Å². The van der Waals surface area contributed by atoms with E-state index in [1.165, 1.54) is 4.90 Å². The van der Waals surface area contributed by atoms with Crippen LogP contribution in [-0.4, -0.2) is 83.0 Å². The third kappa shape index (κ3) is 4.56. The SMILES string of the molecule is CCOC(=O)N1C(=O)N(CC2SC(C)NC2C)C2CCC(S(=O)(=O)NC3(C)CC3)CC21. The molecular weight excluding hydrogens is 440 g/mol. The molecule has 2 N–H and O–H groups in total. The van der Waals surface area contributed by atoms with Gasteiger partial charge in [-0.05, 0) is 59.8 Å². The molecule has 3 amide bonds. The van der Waals surface area contributed by atoms with Gasteiger partial charge in [-0.25, -0.2) is 27.6 Å². The van der Waals surface area contributed by atoms with Crippen LogP contribution in [0.15, 0.2) is 0 Å². The largest absolute Gasteiger partial charge is 0.449 e. The number of nitrogens with one attached hydrogen (secondary N) is 2. The number of ether oxygens (including phenoxy) is 1. The van der Waals surface area contributed by atoms with Gasteiger partial charge in [-0.15, -0.1) is 11.8 Å². The third-order valence-corrected chi connectivity index (χ3v) is 10.6. The van der Waals surface area contributed by atoms with Crippen molar-refractivity contribution in [2.45, 2.75) is 99.3 Å². The first kappa shape index (κ1) is 23.1. The summed E-state index contributed by atoms with van der Waals surface area (Å²) in [6.07, 6.45) is 2.30. The number of thioether (sulfide) groups is 1. The first-order valence-corrected chi connectivity index (χ1v) is 13.7. The molecule has 0 aromatic heterocycles. The van der Waals surface area contributed by atoms with Crippen molar-refractivity contribution in [3.05, 3.63) is 0 Å². The predicted octanol–water partition coefficient (Wildman–Crippen LogP) is 2.08. The number of imide groups is 1. The zero-order valence-corrected chi connectivity index (χ0v) is 20.3. The molecule has 11 heteroatoms. The van der Waals surface area contributed by atoms with Crippen molar-refractivity contribution in [2.75, 3.05) is 13.2 Å². The lowest BCUT2D eigenvalue weighted by atomic mass is 9.89. The molecule has 9 nitrogen and oxygen atoms in total. The molecule has 0 radical (unpaired) electrons. The quantitative estimate of drug-likeness (QED) is 0.607. The Kier molecular flexibility index (Phi) is 6.26. The number of carbonyl (C=O) groups excluding carboxylic acids is 2. The van der Waals surface area contributed by atoms with Crippen LogP contribution in [0, 0.1) is 0 Å². The molecule has 0 bridgehead atoms. The topological polar surface area (TPSA) is 108 Å². The first-order valence-electron chi connectivity index (χ1n) is 11.3. The van der Waals surface area contributed by atoms with Gasteiger partial charge in [0.15, 0.2) is 0 Å². The monoisotopic (exact) mass is 474 g/mol. The molecule has 0 aromatic carbocycles. The van der Waals surface area contributed by atoms with Gasteiger partial charge in [0.05, 0.1) is 29.3 Å². The molecule has 2 aliphatic carbocycles. The van der Waals surface area contributed by atoms with E-state index in [9.17, 15) is 18.0 Å². The van der Waals surface area contributed by atoms with E-state index in [0.717, 1.165) is 12.8 Å². The van der Waals surface area contributed by atoms with Gasteiger partial charge in [0.2, 0.25) is 10.0 Å². The third-order valence-electron chi connectivity index (χ3n) is 7.02. The van der Waals surface area contributed by atoms with Crippen LogP contribution in [0.3, 0.4) is 0 Å². The lowest BCUT2D eigenvalue weighted by Gasteiger charge is -2.36. The molecule has 4 fully saturated rings. The number of amides is 3. The number of sulfonamides is 1. The minimum absolute atomic E-state index is 0.165. The van der Waals surface area contributed by atoms with Gasteiger partial charge < -0.3 is 15.0 Å². The summed E-state index contributed by atoms with van der Waals surface area (Å²) >= 11 is 1.79. The summed E-state index contributed by atoms with van der Waals surface area (Å²) < 4.78 is 34.0. The second kappa shape index (κ2) is 8.39. The molecule has 6 unspecified atom stereocenters. The van der Waals surface area contributed by atoms with Crippen LogP contribution in [0.25, 0.3) is 0 Å². The van der Waals surface area contributed by atoms with E-state index in [1.54, 1.807) is 23.6 Å². The molecular formula is C20H34N4O5S2.